The lowest BCUT2D eigenvalue weighted by Gasteiger charge is -2.36. The van der Waals surface area contributed by atoms with Gasteiger partial charge in [-0.2, -0.15) is 0 Å². The van der Waals surface area contributed by atoms with Gasteiger partial charge in [-0.3, -0.25) is 9.59 Å². The molecule has 6 nitrogen and oxygen atoms in total. The fraction of sp³-hybridized carbons (Fsp3) is 0.333. The summed E-state index contributed by atoms with van der Waals surface area (Å²) in [4.78, 5) is 28.3. The lowest BCUT2D eigenvalue weighted by Crippen LogP contribution is -2.51. The van der Waals surface area contributed by atoms with Gasteiger partial charge in [-0.15, -0.1) is 0 Å². The van der Waals surface area contributed by atoms with Crippen molar-refractivity contribution in [3.05, 3.63) is 59.9 Å². The zero-order valence-electron chi connectivity index (χ0n) is 15.9. The Hall–Kier alpha value is -3.09. The summed E-state index contributed by atoms with van der Waals surface area (Å²) in [6.45, 7) is 2.50. The standard InChI is InChI=1S/C21H24FN3O3/c1-28-19-8-3-2-7-18(19)24-9-11-25(12-10-24)21(27)15-23-20(26)14-16-5-4-6-17(22)13-16/h2-8,13H,9-12,14-15H2,1H3,(H,23,26). The maximum Gasteiger partial charge on any atom is 0.242 e. The van der Waals surface area contributed by atoms with Gasteiger partial charge in [-0.25, -0.2) is 4.39 Å². The molecular formula is C21H24FN3O3. The highest BCUT2D eigenvalue weighted by Crippen LogP contribution is 2.28. The second-order valence-electron chi connectivity index (χ2n) is 6.62. The summed E-state index contributed by atoms with van der Waals surface area (Å²) in [6.07, 6.45) is 0.0482. The molecular weight excluding hydrogens is 361 g/mol. The van der Waals surface area contributed by atoms with Crippen LogP contribution in [0.1, 0.15) is 5.56 Å². The normalized spacial score (nSPS) is 13.9. The highest BCUT2D eigenvalue weighted by atomic mass is 19.1. The minimum Gasteiger partial charge on any atom is -0.495 e. The maximum absolute atomic E-state index is 13.2. The summed E-state index contributed by atoms with van der Waals surface area (Å²) in [5.41, 5.74) is 1.59. The number of hydrogen-bond acceptors (Lipinski definition) is 4. The lowest BCUT2D eigenvalue weighted by atomic mass is 10.1. The van der Waals surface area contributed by atoms with Crippen LogP contribution in [0.25, 0.3) is 0 Å². The van der Waals surface area contributed by atoms with Crippen LogP contribution >= 0.6 is 0 Å². The van der Waals surface area contributed by atoms with Gasteiger partial charge in [-0.1, -0.05) is 24.3 Å². The van der Waals surface area contributed by atoms with Crippen molar-refractivity contribution < 1.29 is 18.7 Å². The third kappa shape index (κ3) is 5.00. The molecule has 0 bridgehead atoms. The second-order valence-corrected chi connectivity index (χ2v) is 6.62. The smallest absolute Gasteiger partial charge is 0.242 e. The molecule has 1 aliphatic heterocycles. The number of carbonyl (C=O) groups is 2. The van der Waals surface area contributed by atoms with Crippen molar-refractivity contribution in [1.29, 1.82) is 0 Å². The first-order valence-corrected chi connectivity index (χ1v) is 9.23. The third-order valence-corrected chi connectivity index (χ3v) is 4.75. The van der Waals surface area contributed by atoms with Gasteiger partial charge in [-0.05, 0) is 29.8 Å². The number of para-hydroxylation sites is 2. The maximum atomic E-state index is 13.2. The van der Waals surface area contributed by atoms with E-state index in [1.165, 1.54) is 12.1 Å². The molecule has 0 aliphatic carbocycles. The Labute approximate surface area is 163 Å². The van der Waals surface area contributed by atoms with Crippen molar-refractivity contribution in [2.45, 2.75) is 6.42 Å². The van der Waals surface area contributed by atoms with Gasteiger partial charge >= 0.3 is 0 Å². The molecule has 0 aromatic heterocycles. The SMILES string of the molecule is COc1ccccc1N1CCN(C(=O)CNC(=O)Cc2cccc(F)c2)CC1. The Balaban J connectivity index is 1.45. The Morgan fingerprint density at radius 3 is 2.54 bits per heavy atom. The first-order chi connectivity index (χ1) is 13.6. The van der Waals surface area contributed by atoms with Crippen molar-refractivity contribution in [3.63, 3.8) is 0 Å². The van der Waals surface area contributed by atoms with Crippen molar-refractivity contribution in [1.82, 2.24) is 10.2 Å². The highest BCUT2D eigenvalue weighted by Gasteiger charge is 2.23. The van der Waals surface area contributed by atoms with E-state index in [1.807, 2.05) is 24.3 Å². The fourth-order valence-corrected chi connectivity index (χ4v) is 3.27. The topological polar surface area (TPSA) is 61.9 Å². The van der Waals surface area contributed by atoms with E-state index in [1.54, 1.807) is 24.1 Å². The number of nitrogens with zero attached hydrogens (tertiary/aromatic N) is 2. The molecule has 2 aromatic rings. The molecule has 28 heavy (non-hydrogen) atoms. The Morgan fingerprint density at radius 1 is 1.07 bits per heavy atom. The van der Waals surface area contributed by atoms with Crippen LogP contribution in [0.3, 0.4) is 0 Å². The Morgan fingerprint density at radius 2 is 1.82 bits per heavy atom. The Bertz CT molecular complexity index is 835. The molecule has 7 heteroatoms. The molecule has 3 rings (SSSR count). The molecule has 1 fully saturated rings. The fourth-order valence-electron chi connectivity index (χ4n) is 3.27. The molecule has 1 saturated heterocycles. The van der Waals surface area contributed by atoms with Crippen LogP contribution in [-0.2, 0) is 16.0 Å². The van der Waals surface area contributed by atoms with Crippen LogP contribution in [0.5, 0.6) is 5.75 Å². The van der Waals surface area contributed by atoms with Crippen molar-refractivity contribution >= 4 is 17.5 Å². The quantitative estimate of drug-likeness (QED) is 0.824. The Kier molecular flexibility index (Phi) is 6.47. The van der Waals surface area contributed by atoms with E-state index in [0.29, 0.717) is 31.7 Å². The number of rotatable bonds is 6. The van der Waals surface area contributed by atoms with Gasteiger partial charge in [0.05, 0.1) is 25.8 Å². The summed E-state index contributed by atoms with van der Waals surface area (Å²) in [5.74, 6) is 0.0139. The largest absolute Gasteiger partial charge is 0.495 e. The molecule has 0 unspecified atom stereocenters. The molecule has 0 spiro atoms. The molecule has 1 N–H and O–H groups in total. The summed E-state index contributed by atoms with van der Waals surface area (Å²) in [5, 5.41) is 2.62. The predicted molar refractivity (Wildman–Crippen MR) is 105 cm³/mol. The molecule has 1 aliphatic rings. The van der Waals surface area contributed by atoms with E-state index < -0.39 is 0 Å². The van der Waals surface area contributed by atoms with Crippen LogP contribution in [0.2, 0.25) is 0 Å². The van der Waals surface area contributed by atoms with Crippen LogP contribution in [-0.4, -0.2) is 56.5 Å². The van der Waals surface area contributed by atoms with Gasteiger partial charge in [0.15, 0.2) is 0 Å². The van der Waals surface area contributed by atoms with E-state index in [4.69, 9.17) is 4.74 Å². The van der Waals surface area contributed by atoms with Gasteiger partial charge in [0.25, 0.3) is 0 Å². The van der Waals surface area contributed by atoms with Crippen LogP contribution in [0.4, 0.5) is 10.1 Å². The van der Waals surface area contributed by atoms with Crippen LogP contribution in [0.15, 0.2) is 48.5 Å². The predicted octanol–water partition coefficient (Wildman–Crippen LogP) is 1.84. The number of nitrogens with one attached hydrogen (secondary N) is 1. The average Bonchev–Trinajstić information content (AvgIpc) is 2.72. The minimum absolute atomic E-state index is 0.0482. The average molecular weight is 385 g/mol. The number of amides is 2. The number of methoxy groups -OCH3 is 1. The summed E-state index contributed by atoms with van der Waals surface area (Å²) < 4.78 is 18.6. The number of carbonyl (C=O) groups excluding carboxylic acids is 2. The number of hydrogen-bond donors (Lipinski definition) is 1. The number of piperazine rings is 1. The van der Waals surface area contributed by atoms with E-state index in [2.05, 4.69) is 10.2 Å². The third-order valence-electron chi connectivity index (χ3n) is 4.75. The van der Waals surface area contributed by atoms with Gasteiger partial charge < -0.3 is 19.9 Å². The van der Waals surface area contributed by atoms with Crippen molar-refractivity contribution in [2.24, 2.45) is 0 Å². The molecule has 1 heterocycles. The highest BCUT2D eigenvalue weighted by molar-refractivity contribution is 5.85. The van der Waals surface area contributed by atoms with Gasteiger partial charge in [0.2, 0.25) is 11.8 Å². The monoisotopic (exact) mass is 385 g/mol. The second kappa shape index (κ2) is 9.21. The van der Waals surface area contributed by atoms with Crippen LogP contribution < -0.4 is 15.0 Å². The van der Waals surface area contributed by atoms with E-state index in [0.717, 1.165) is 11.4 Å². The number of benzene rings is 2. The van der Waals surface area contributed by atoms with Gasteiger partial charge in [0, 0.05) is 26.2 Å². The number of ether oxygens (including phenoxy) is 1. The number of halogens is 1. The lowest BCUT2D eigenvalue weighted by molar-refractivity contribution is -0.133. The van der Waals surface area contributed by atoms with Crippen molar-refractivity contribution in [2.75, 3.05) is 44.7 Å². The van der Waals surface area contributed by atoms with Crippen LogP contribution in [0, 0.1) is 5.82 Å². The van der Waals surface area contributed by atoms with E-state index >= 15 is 0 Å². The zero-order valence-corrected chi connectivity index (χ0v) is 15.9. The first kappa shape index (κ1) is 19.7. The first-order valence-electron chi connectivity index (χ1n) is 9.23. The molecule has 0 saturated carbocycles. The van der Waals surface area contributed by atoms with E-state index in [-0.39, 0.29) is 30.6 Å². The molecule has 0 atom stereocenters. The molecule has 2 aromatic carbocycles. The van der Waals surface area contributed by atoms with Gasteiger partial charge in [0.1, 0.15) is 11.6 Å². The molecule has 0 radical (unpaired) electrons. The summed E-state index contributed by atoms with van der Waals surface area (Å²) >= 11 is 0. The summed E-state index contributed by atoms with van der Waals surface area (Å²) in [6, 6.07) is 13.7. The summed E-state index contributed by atoms with van der Waals surface area (Å²) in [7, 11) is 1.64. The number of anilines is 1. The van der Waals surface area contributed by atoms with Crippen molar-refractivity contribution in [3.8, 4) is 5.75 Å². The molecule has 148 valence electrons. The molecule has 2 amide bonds. The van der Waals surface area contributed by atoms with E-state index in [9.17, 15) is 14.0 Å². The zero-order chi connectivity index (χ0) is 19.9. The minimum atomic E-state index is -0.380.